The predicted octanol–water partition coefficient (Wildman–Crippen LogP) is 4.39. The molecule has 0 fully saturated rings. The molecule has 0 spiro atoms. The van der Waals surface area contributed by atoms with E-state index in [-0.39, 0.29) is 4.87 Å². The first-order valence-corrected chi connectivity index (χ1v) is 5.57. The van der Waals surface area contributed by atoms with Gasteiger partial charge < -0.3 is 0 Å². The Morgan fingerprint density at radius 3 is 2.92 bits per heavy atom. The van der Waals surface area contributed by atoms with Gasteiger partial charge in [-0.05, 0) is 12.8 Å². The molecule has 0 radical (unpaired) electrons. The van der Waals surface area contributed by atoms with Crippen LogP contribution in [0.5, 0.6) is 0 Å². The van der Waals surface area contributed by atoms with Crippen molar-refractivity contribution in [3.63, 3.8) is 0 Å². The predicted molar refractivity (Wildman–Crippen MR) is 58.9 cm³/mol. The van der Waals surface area contributed by atoms with Gasteiger partial charge in [0.05, 0.1) is 4.87 Å². The molecule has 0 N–H and O–H groups in total. The third-order valence-electron chi connectivity index (χ3n) is 2.12. The van der Waals surface area contributed by atoms with Crippen LogP contribution in [0.4, 0.5) is 0 Å². The van der Waals surface area contributed by atoms with Gasteiger partial charge in [0.1, 0.15) is 0 Å². The molecule has 0 aromatic heterocycles. The van der Waals surface area contributed by atoms with Crippen molar-refractivity contribution in [2.75, 3.05) is 0 Å². The minimum Gasteiger partial charge on any atom is -0.114 e. The molecule has 68 valence electrons. The third-order valence-corrected chi connectivity index (χ3v) is 3.18. The molecule has 1 atom stereocenters. The Morgan fingerprint density at radius 2 is 2.42 bits per heavy atom. The van der Waals surface area contributed by atoms with Gasteiger partial charge in [-0.3, -0.25) is 0 Å². The van der Waals surface area contributed by atoms with E-state index in [2.05, 4.69) is 35.0 Å². The van der Waals surface area contributed by atoms with Gasteiger partial charge in [0, 0.05) is 4.48 Å². The Bertz CT molecular complexity index is 208. The number of halogens is 2. The first-order valence-electron chi connectivity index (χ1n) is 4.40. The van der Waals surface area contributed by atoms with Crippen LogP contribution in [0.1, 0.15) is 32.6 Å². The molecule has 0 aromatic rings. The summed E-state index contributed by atoms with van der Waals surface area (Å²) in [4.78, 5) is -0.104. The van der Waals surface area contributed by atoms with Crippen molar-refractivity contribution in [3.05, 3.63) is 22.7 Å². The van der Waals surface area contributed by atoms with Crippen molar-refractivity contribution in [2.45, 2.75) is 37.5 Å². The molecule has 0 aromatic carbocycles. The highest BCUT2D eigenvalue weighted by Crippen LogP contribution is 2.33. The average molecular weight is 250 g/mol. The fourth-order valence-electron chi connectivity index (χ4n) is 1.29. The van der Waals surface area contributed by atoms with Crippen molar-refractivity contribution in [1.82, 2.24) is 0 Å². The second-order valence-corrected chi connectivity index (χ2v) is 4.93. The van der Waals surface area contributed by atoms with E-state index in [9.17, 15) is 0 Å². The molecule has 12 heavy (non-hydrogen) atoms. The van der Waals surface area contributed by atoms with E-state index in [0.717, 1.165) is 17.3 Å². The summed E-state index contributed by atoms with van der Waals surface area (Å²) in [5.41, 5.74) is 0. The number of alkyl halides is 1. The average Bonchev–Trinajstić information content (AvgIpc) is 2.08. The van der Waals surface area contributed by atoms with Crippen LogP contribution in [-0.2, 0) is 0 Å². The standard InChI is InChI=1S/C10H14BrCl/c1-2-3-6-10(12)7-4-9(11)5-8-10/h4-5,7H,2-3,6,8H2,1H3. The van der Waals surface area contributed by atoms with Gasteiger partial charge >= 0.3 is 0 Å². The highest BCUT2D eigenvalue weighted by atomic mass is 79.9. The molecule has 1 aliphatic carbocycles. The molecule has 0 nitrogen and oxygen atoms in total. The van der Waals surface area contributed by atoms with Crippen molar-refractivity contribution in [2.24, 2.45) is 0 Å². The van der Waals surface area contributed by atoms with Crippen molar-refractivity contribution < 1.29 is 0 Å². The zero-order valence-electron chi connectivity index (χ0n) is 7.32. The van der Waals surface area contributed by atoms with E-state index < -0.39 is 0 Å². The van der Waals surface area contributed by atoms with Gasteiger partial charge in [0.15, 0.2) is 0 Å². The van der Waals surface area contributed by atoms with Crippen LogP contribution in [0.15, 0.2) is 22.7 Å². The lowest BCUT2D eigenvalue weighted by molar-refractivity contribution is 0.590. The molecule has 1 unspecified atom stereocenters. The molecule has 2 heteroatoms. The number of hydrogen-bond acceptors (Lipinski definition) is 0. The maximum absolute atomic E-state index is 6.37. The lowest BCUT2D eigenvalue weighted by Gasteiger charge is -2.24. The molecule has 1 rings (SSSR count). The van der Waals surface area contributed by atoms with Gasteiger partial charge in [-0.1, -0.05) is 53.9 Å². The first kappa shape index (κ1) is 10.3. The largest absolute Gasteiger partial charge is 0.114 e. The molecule has 1 aliphatic rings. The third kappa shape index (κ3) is 2.95. The number of unbranched alkanes of at least 4 members (excludes halogenated alkanes) is 1. The summed E-state index contributed by atoms with van der Waals surface area (Å²) in [7, 11) is 0. The Balaban J connectivity index is 2.47. The summed E-state index contributed by atoms with van der Waals surface area (Å²) >= 11 is 9.79. The Kier molecular flexibility index (Phi) is 3.85. The SMILES string of the molecule is CCCCC1(Cl)C=CC(Br)=CC1. The summed E-state index contributed by atoms with van der Waals surface area (Å²) in [5.74, 6) is 0. The van der Waals surface area contributed by atoms with Crippen LogP contribution in [0.25, 0.3) is 0 Å². The van der Waals surface area contributed by atoms with E-state index in [1.54, 1.807) is 0 Å². The number of rotatable bonds is 3. The van der Waals surface area contributed by atoms with Crippen LogP contribution in [0.2, 0.25) is 0 Å². The molecular formula is C10H14BrCl. The molecule has 0 saturated heterocycles. The van der Waals surface area contributed by atoms with Crippen LogP contribution >= 0.6 is 27.5 Å². The van der Waals surface area contributed by atoms with Gasteiger partial charge in [-0.2, -0.15) is 0 Å². The maximum Gasteiger partial charge on any atom is 0.0664 e. The highest BCUT2D eigenvalue weighted by molar-refractivity contribution is 9.11. The molecule has 0 saturated carbocycles. The van der Waals surface area contributed by atoms with E-state index in [1.807, 2.05) is 6.08 Å². The molecule has 0 heterocycles. The van der Waals surface area contributed by atoms with Gasteiger partial charge in [-0.15, -0.1) is 11.6 Å². The zero-order chi connectivity index (χ0) is 9.03. The number of allylic oxidation sites excluding steroid dienone is 4. The fraction of sp³-hybridized carbons (Fsp3) is 0.600. The van der Waals surface area contributed by atoms with Crippen molar-refractivity contribution >= 4 is 27.5 Å². The van der Waals surface area contributed by atoms with Gasteiger partial charge in [0.25, 0.3) is 0 Å². The molecule has 0 aliphatic heterocycles. The van der Waals surface area contributed by atoms with E-state index in [1.165, 1.54) is 12.8 Å². The summed E-state index contributed by atoms with van der Waals surface area (Å²) in [5, 5.41) is 0. The van der Waals surface area contributed by atoms with Gasteiger partial charge in [0.2, 0.25) is 0 Å². The molecular weight excluding hydrogens is 235 g/mol. The van der Waals surface area contributed by atoms with E-state index >= 15 is 0 Å². The van der Waals surface area contributed by atoms with E-state index in [0.29, 0.717) is 0 Å². The second-order valence-electron chi connectivity index (χ2n) is 3.26. The van der Waals surface area contributed by atoms with E-state index in [4.69, 9.17) is 11.6 Å². The highest BCUT2D eigenvalue weighted by Gasteiger charge is 2.23. The monoisotopic (exact) mass is 248 g/mol. The summed E-state index contributed by atoms with van der Waals surface area (Å²) in [6, 6.07) is 0. The van der Waals surface area contributed by atoms with Gasteiger partial charge in [-0.25, -0.2) is 0 Å². The minimum absolute atomic E-state index is 0.104. The van der Waals surface area contributed by atoms with Crippen LogP contribution in [0, 0.1) is 0 Å². The van der Waals surface area contributed by atoms with Crippen LogP contribution in [0.3, 0.4) is 0 Å². The summed E-state index contributed by atoms with van der Waals surface area (Å²) in [6.07, 6.45) is 10.7. The smallest absolute Gasteiger partial charge is 0.0664 e. The Labute approximate surface area is 87.8 Å². The molecule has 0 amide bonds. The van der Waals surface area contributed by atoms with Crippen molar-refractivity contribution in [1.29, 1.82) is 0 Å². The lowest BCUT2D eigenvalue weighted by atomic mass is 9.94. The topological polar surface area (TPSA) is 0 Å². The quantitative estimate of drug-likeness (QED) is 0.651. The zero-order valence-corrected chi connectivity index (χ0v) is 9.66. The molecule has 0 bridgehead atoms. The fourth-order valence-corrected chi connectivity index (χ4v) is 1.86. The minimum atomic E-state index is -0.104. The summed E-state index contributed by atoms with van der Waals surface area (Å²) in [6.45, 7) is 2.19. The normalized spacial score (nSPS) is 28.8. The van der Waals surface area contributed by atoms with Crippen LogP contribution < -0.4 is 0 Å². The Morgan fingerprint density at radius 1 is 1.67 bits per heavy atom. The van der Waals surface area contributed by atoms with Crippen LogP contribution in [-0.4, -0.2) is 4.87 Å². The summed E-state index contributed by atoms with van der Waals surface area (Å²) < 4.78 is 1.15. The Hall–Kier alpha value is 0.250. The number of hydrogen-bond donors (Lipinski definition) is 0. The maximum atomic E-state index is 6.37. The second kappa shape index (κ2) is 4.48. The lowest BCUT2D eigenvalue weighted by Crippen LogP contribution is -2.18. The first-order chi connectivity index (χ1) is 5.66. The van der Waals surface area contributed by atoms with Crippen molar-refractivity contribution in [3.8, 4) is 0 Å².